The Bertz CT molecular complexity index is 1240. The number of aliphatic carboxylic acids is 1. The zero-order valence-electron chi connectivity index (χ0n) is 27.6. The molecule has 0 aliphatic rings. The molecular formula is C30H47FN6O10. The fourth-order valence-corrected chi connectivity index (χ4v) is 3.76. The number of alkyl carbamates (subject to hydrolysis) is 2. The number of hydrogen-bond donors (Lipinski definition) is 8. The third kappa shape index (κ3) is 16.1. The largest absolute Gasteiger partial charge is 0.480 e. The highest BCUT2D eigenvalue weighted by atomic mass is 19.1. The quantitative estimate of drug-likeness (QED) is 0.122. The number of nitrogens with one attached hydrogen (secondary N) is 5. The summed E-state index contributed by atoms with van der Waals surface area (Å²) in [5.41, 5.74) is 4.87. The van der Waals surface area contributed by atoms with Crippen LogP contribution in [0.4, 0.5) is 14.0 Å². The SMILES string of the molecule is C[C@@H](O)[C@H](NC(=O)[C@@H](NC(=O)[C@@H](N)Cc1ccccc1)C(F)CNC(=O)OC(C)(C)C)C(=O)N[C@@H](CNC(=O)OC(C)(C)C)C(=O)O. The first-order valence-corrected chi connectivity index (χ1v) is 14.8. The number of benzene rings is 1. The predicted molar refractivity (Wildman–Crippen MR) is 167 cm³/mol. The van der Waals surface area contributed by atoms with Crippen molar-refractivity contribution in [1.29, 1.82) is 0 Å². The highest BCUT2D eigenvalue weighted by molar-refractivity contribution is 5.95. The summed E-state index contributed by atoms with van der Waals surface area (Å²) in [6, 6.07) is 1.76. The van der Waals surface area contributed by atoms with E-state index in [9.17, 15) is 39.0 Å². The van der Waals surface area contributed by atoms with E-state index < -0.39 is 96.6 Å². The van der Waals surface area contributed by atoms with Crippen LogP contribution in [0.5, 0.6) is 0 Å². The minimum Gasteiger partial charge on any atom is -0.480 e. The van der Waals surface area contributed by atoms with E-state index in [1.807, 2.05) is 0 Å². The van der Waals surface area contributed by atoms with Crippen molar-refractivity contribution in [3.8, 4) is 0 Å². The van der Waals surface area contributed by atoms with E-state index >= 15 is 4.39 Å². The smallest absolute Gasteiger partial charge is 0.407 e. The zero-order chi connectivity index (χ0) is 36.1. The summed E-state index contributed by atoms with van der Waals surface area (Å²) in [5.74, 6) is -5.02. The van der Waals surface area contributed by atoms with Gasteiger partial charge in [-0.25, -0.2) is 18.8 Å². The molecule has 1 rings (SSSR count). The van der Waals surface area contributed by atoms with E-state index in [1.54, 1.807) is 71.9 Å². The summed E-state index contributed by atoms with van der Waals surface area (Å²) in [4.78, 5) is 75.1. The molecule has 17 heteroatoms. The molecule has 16 nitrogen and oxygen atoms in total. The Morgan fingerprint density at radius 3 is 1.72 bits per heavy atom. The highest BCUT2D eigenvalue weighted by Crippen LogP contribution is 2.09. The molecule has 6 atom stereocenters. The van der Waals surface area contributed by atoms with Crippen LogP contribution in [-0.2, 0) is 35.1 Å². The number of aliphatic hydroxyl groups excluding tert-OH is 1. The van der Waals surface area contributed by atoms with Crippen molar-refractivity contribution < 1.29 is 52.8 Å². The van der Waals surface area contributed by atoms with Crippen molar-refractivity contribution >= 4 is 35.9 Å². The van der Waals surface area contributed by atoms with Gasteiger partial charge in [0.2, 0.25) is 17.7 Å². The van der Waals surface area contributed by atoms with Crippen molar-refractivity contribution in [2.75, 3.05) is 13.1 Å². The van der Waals surface area contributed by atoms with E-state index in [2.05, 4.69) is 26.6 Å². The van der Waals surface area contributed by atoms with Crippen molar-refractivity contribution in [3.63, 3.8) is 0 Å². The fourth-order valence-electron chi connectivity index (χ4n) is 3.76. The molecule has 0 heterocycles. The molecule has 0 bridgehead atoms. The van der Waals surface area contributed by atoms with Gasteiger partial charge in [-0.15, -0.1) is 0 Å². The lowest BCUT2D eigenvalue weighted by molar-refractivity contribution is -0.143. The van der Waals surface area contributed by atoms with E-state index in [1.165, 1.54) is 0 Å². The second kappa shape index (κ2) is 18.0. The fraction of sp³-hybridized carbons (Fsp3) is 0.600. The number of carboxylic acid groups (broad SMARTS) is 1. The molecule has 5 amide bonds. The minimum atomic E-state index is -2.29. The topological polar surface area (TPSA) is 248 Å². The van der Waals surface area contributed by atoms with Crippen LogP contribution in [0.15, 0.2) is 30.3 Å². The Morgan fingerprint density at radius 1 is 0.787 bits per heavy atom. The predicted octanol–water partition coefficient (Wildman–Crippen LogP) is -0.136. The van der Waals surface area contributed by atoms with E-state index in [-0.39, 0.29) is 6.42 Å². The van der Waals surface area contributed by atoms with Gasteiger partial charge in [0.25, 0.3) is 0 Å². The average Bonchev–Trinajstić information content (AvgIpc) is 2.93. The van der Waals surface area contributed by atoms with Gasteiger partial charge in [0.1, 0.15) is 35.5 Å². The van der Waals surface area contributed by atoms with Crippen LogP contribution in [0.3, 0.4) is 0 Å². The van der Waals surface area contributed by atoms with Crippen LogP contribution in [0.25, 0.3) is 0 Å². The number of alkyl halides is 1. The third-order valence-electron chi connectivity index (χ3n) is 5.94. The van der Waals surface area contributed by atoms with Gasteiger partial charge in [0.15, 0.2) is 0 Å². The van der Waals surface area contributed by atoms with Gasteiger partial charge >= 0.3 is 18.2 Å². The first-order valence-electron chi connectivity index (χ1n) is 14.8. The number of ether oxygens (including phenoxy) is 2. The standard InChI is InChI=1S/C30H47FN6O10/c1-16(38)21(24(40)35-20(26(42)43)15-34-28(45)47-30(5,6)7)36-25(41)22(18(31)14-33-27(44)46-29(2,3)4)37-23(39)19(32)13-17-11-9-8-10-12-17/h8-12,16,18-22,38H,13-15,32H2,1-7H3,(H,33,44)(H,34,45)(H,35,40)(H,36,41)(H,37,39)(H,42,43)/t16-,18?,19+,20+,21+,22+/m1/s1. The van der Waals surface area contributed by atoms with Crippen molar-refractivity contribution in [3.05, 3.63) is 35.9 Å². The van der Waals surface area contributed by atoms with Crippen molar-refractivity contribution in [2.24, 2.45) is 5.73 Å². The summed E-state index contributed by atoms with van der Waals surface area (Å²) in [6.07, 6.45) is -5.88. The number of carbonyl (C=O) groups excluding carboxylic acids is 5. The number of rotatable bonds is 15. The van der Waals surface area contributed by atoms with Crippen LogP contribution < -0.4 is 32.3 Å². The number of amides is 5. The van der Waals surface area contributed by atoms with Crippen LogP contribution in [0.1, 0.15) is 54.0 Å². The Balaban J connectivity index is 3.13. The molecule has 0 fully saturated rings. The maximum absolute atomic E-state index is 15.5. The Kier molecular flexibility index (Phi) is 15.5. The number of carboxylic acids is 1. The van der Waals surface area contributed by atoms with E-state index in [0.29, 0.717) is 5.56 Å². The Hall–Kier alpha value is -4.51. The average molecular weight is 671 g/mol. The molecule has 0 radical (unpaired) electrons. The molecular weight excluding hydrogens is 623 g/mol. The second-order valence-electron chi connectivity index (χ2n) is 12.7. The number of carbonyl (C=O) groups is 6. The van der Waals surface area contributed by atoms with E-state index in [0.717, 1.165) is 6.92 Å². The second-order valence-corrected chi connectivity index (χ2v) is 12.7. The van der Waals surface area contributed by atoms with Crippen LogP contribution in [0, 0.1) is 0 Å². The first kappa shape index (κ1) is 40.5. The number of aliphatic hydroxyl groups is 1. The maximum Gasteiger partial charge on any atom is 0.407 e. The summed E-state index contributed by atoms with van der Waals surface area (Å²) >= 11 is 0. The van der Waals surface area contributed by atoms with Crippen LogP contribution in [-0.4, -0.2) is 107 Å². The molecule has 0 aliphatic carbocycles. The van der Waals surface area contributed by atoms with Gasteiger partial charge in [-0.05, 0) is 60.5 Å². The van der Waals surface area contributed by atoms with Crippen molar-refractivity contribution in [2.45, 2.75) is 103 Å². The Labute approximate surface area is 272 Å². The molecule has 47 heavy (non-hydrogen) atoms. The van der Waals surface area contributed by atoms with Gasteiger partial charge < -0.3 is 52.0 Å². The molecule has 0 saturated heterocycles. The van der Waals surface area contributed by atoms with Crippen molar-refractivity contribution in [1.82, 2.24) is 26.6 Å². The summed E-state index contributed by atoms with van der Waals surface area (Å²) in [6.45, 7) is 9.14. The molecule has 1 aromatic carbocycles. The highest BCUT2D eigenvalue weighted by Gasteiger charge is 2.37. The van der Waals surface area contributed by atoms with Gasteiger partial charge in [-0.3, -0.25) is 14.4 Å². The summed E-state index contributed by atoms with van der Waals surface area (Å²) < 4.78 is 25.6. The molecule has 0 aliphatic heterocycles. The van der Waals surface area contributed by atoms with Crippen LogP contribution in [0.2, 0.25) is 0 Å². The zero-order valence-corrected chi connectivity index (χ0v) is 27.6. The van der Waals surface area contributed by atoms with Gasteiger partial charge in [0, 0.05) is 0 Å². The molecule has 0 saturated carbocycles. The molecule has 264 valence electrons. The molecule has 0 aromatic heterocycles. The van der Waals surface area contributed by atoms with Gasteiger partial charge in [-0.2, -0.15) is 0 Å². The lowest BCUT2D eigenvalue weighted by Gasteiger charge is -2.28. The first-order chi connectivity index (χ1) is 21.6. The molecule has 9 N–H and O–H groups in total. The normalized spacial score (nSPS) is 15.4. The maximum atomic E-state index is 15.5. The summed E-state index contributed by atoms with van der Waals surface area (Å²) in [5, 5.41) is 30.6. The molecule has 1 aromatic rings. The lowest BCUT2D eigenvalue weighted by Crippen LogP contribution is -2.63. The Morgan fingerprint density at radius 2 is 1.26 bits per heavy atom. The number of nitrogens with two attached hydrogens (primary N) is 1. The van der Waals surface area contributed by atoms with Gasteiger partial charge in [-0.1, -0.05) is 30.3 Å². The van der Waals surface area contributed by atoms with Gasteiger partial charge in [0.05, 0.1) is 25.2 Å². The van der Waals surface area contributed by atoms with E-state index in [4.69, 9.17) is 15.2 Å². The number of hydrogen-bond acceptors (Lipinski definition) is 10. The number of halogens is 1. The third-order valence-corrected chi connectivity index (χ3v) is 5.94. The molecule has 1 unspecified atom stereocenters. The summed E-state index contributed by atoms with van der Waals surface area (Å²) in [7, 11) is 0. The molecule has 0 spiro atoms. The lowest BCUT2D eigenvalue weighted by atomic mass is 10.0. The minimum absolute atomic E-state index is 0.0285. The monoisotopic (exact) mass is 670 g/mol. The van der Waals surface area contributed by atoms with Crippen LogP contribution >= 0.6 is 0 Å².